The summed E-state index contributed by atoms with van der Waals surface area (Å²) in [5.41, 5.74) is 4.21. The van der Waals surface area contributed by atoms with Crippen LogP contribution in [0.3, 0.4) is 0 Å². The van der Waals surface area contributed by atoms with Crippen molar-refractivity contribution in [3.05, 3.63) is 76.9 Å². The fourth-order valence-corrected chi connectivity index (χ4v) is 3.20. The van der Waals surface area contributed by atoms with E-state index in [4.69, 9.17) is 11.6 Å². The summed E-state index contributed by atoms with van der Waals surface area (Å²) in [5, 5.41) is 1.55. The zero-order valence-electron chi connectivity index (χ0n) is 12.2. The highest BCUT2D eigenvalue weighted by atomic mass is 35.5. The van der Waals surface area contributed by atoms with E-state index in [-0.39, 0.29) is 0 Å². The largest absolute Gasteiger partial charge is 0.228 e. The third-order valence-electron chi connectivity index (χ3n) is 3.16. The van der Waals surface area contributed by atoms with E-state index in [1.807, 2.05) is 49.4 Å². The van der Waals surface area contributed by atoms with Crippen LogP contribution in [0.5, 0.6) is 0 Å². The zero-order valence-corrected chi connectivity index (χ0v) is 13.7. The van der Waals surface area contributed by atoms with Gasteiger partial charge in [-0.1, -0.05) is 65.8 Å². The summed E-state index contributed by atoms with van der Waals surface area (Å²) in [6.07, 6.45) is 0. The molecular formula is C18H15ClN2S. The first-order valence-corrected chi connectivity index (χ1v) is 8.35. The minimum atomic E-state index is 0.758. The van der Waals surface area contributed by atoms with Gasteiger partial charge in [0.15, 0.2) is 5.16 Å². The molecule has 0 aliphatic heterocycles. The average molecular weight is 327 g/mol. The van der Waals surface area contributed by atoms with Gasteiger partial charge in [0.05, 0.1) is 5.69 Å². The Bertz CT molecular complexity index is 775. The normalized spacial score (nSPS) is 10.6. The van der Waals surface area contributed by atoms with Crippen LogP contribution in [0.2, 0.25) is 5.02 Å². The van der Waals surface area contributed by atoms with Crippen LogP contribution in [0.4, 0.5) is 0 Å². The van der Waals surface area contributed by atoms with Crippen LogP contribution in [0.15, 0.2) is 65.8 Å². The number of nitrogens with zero attached hydrogens (tertiary/aromatic N) is 2. The third-order valence-corrected chi connectivity index (χ3v) is 4.31. The first-order chi connectivity index (χ1) is 10.7. The molecule has 0 saturated heterocycles. The summed E-state index contributed by atoms with van der Waals surface area (Å²) in [5.74, 6) is 0.804. The average Bonchev–Trinajstić information content (AvgIpc) is 2.53. The molecule has 0 aliphatic carbocycles. The lowest BCUT2D eigenvalue weighted by Crippen LogP contribution is -1.94. The molecule has 0 spiro atoms. The molecule has 3 rings (SSSR count). The van der Waals surface area contributed by atoms with Crippen LogP contribution >= 0.6 is 23.4 Å². The molecule has 0 atom stereocenters. The van der Waals surface area contributed by atoms with E-state index in [9.17, 15) is 0 Å². The van der Waals surface area contributed by atoms with Gasteiger partial charge in [0.2, 0.25) is 0 Å². The second-order valence-electron chi connectivity index (χ2n) is 4.96. The second kappa shape index (κ2) is 6.95. The van der Waals surface area contributed by atoms with Crippen molar-refractivity contribution < 1.29 is 0 Å². The standard InChI is InChI=1S/C18H15ClN2S/c1-13-10-17(15-7-3-2-4-8-15)21-18(20-13)22-12-14-6-5-9-16(19)11-14/h2-11H,12H2,1H3. The Morgan fingerprint density at radius 3 is 2.55 bits per heavy atom. The Hall–Kier alpha value is -1.84. The summed E-state index contributed by atoms with van der Waals surface area (Å²) < 4.78 is 0. The number of aryl methyl sites for hydroxylation is 1. The number of rotatable bonds is 4. The molecule has 0 unspecified atom stereocenters. The van der Waals surface area contributed by atoms with E-state index in [1.165, 1.54) is 5.56 Å². The third kappa shape index (κ3) is 3.87. The minimum Gasteiger partial charge on any atom is -0.228 e. The Balaban J connectivity index is 1.81. The van der Waals surface area contributed by atoms with Crippen LogP contribution in [0, 0.1) is 6.92 Å². The number of hydrogen-bond donors (Lipinski definition) is 0. The van der Waals surface area contributed by atoms with Gasteiger partial charge in [-0.15, -0.1) is 0 Å². The molecule has 2 aromatic carbocycles. The van der Waals surface area contributed by atoms with Crippen molar-refractivity contribution in [2.45, 2.75) is 17.8 Å². The molecule has 0 N–H and O–H groups in total. The van der Waals surface area contributed by atoms with Crippen LogP contribution in [-0.4, -0.2) is 9.97 Å². The second-order valence-corrected chi connectivity index (χ2v) is 6.34. The van der Waals surface area contributed by atoms with Crippen molar-refractivity contribution >= 4 is 23.4 Å². The highest BCUT2D eigenvalue weighted by Gasteiger charge is 2.06. The molecule has 0 bridgehead atoms. The maximum atomic E-state index is 6.02. The molecule has 2 nitrogen and oxygen atoms in total. The molecular weight excluding hydrogens is 312 g/mol. The van der Waals surface area contributed by atoms with Crippen LogP contribution in [0.1, 0.15) is 11.3 Å². The van der Waals surface area contributed by atoms with Crippen molar-refractivity contribution in [1.29, 1.82) is 0 Å². The fourth-order valence-electron chi connectivity index (χ4n) is 2.14. The maximum absolute atomic E-state index is 6.02. The van der Waals surface area contributed by atoms with E-state index in [1.54, 1.807) is 11.8 Å². The summed E-state index contributed by atoms with van der Waals surface area (Å²) in [6, 6.07) is 20.1. The van der Waals surface area contributed by atoms with Gasteiger partial charge in [0.1, 0.15) is 0 Å². The van der Waals surface area contributed by atoms with Crippen LogP contribution in [0.25, 0.3) is 11.3 Å². The van der Waals surface area contributed by atoms with E-state index >= 15 is 0 Å². The number of hydrogen-bond acceptors (Lipinski definition) is 3. The van der Waals surface area contributed by atoms with E-state index < -0.39 is 0 Å². The van der Waals surface area contributed by atoms with E-state index in [2.05, 4.69) is 28.2 Å². The molecule has 0 amide bonds. The van der Waals surface area contributed by atoms with Crippen LogP contribution in [-0.2, 0) is 5.75 Å². The lowest BCUT2D eigenvalue weighted by molar-refractivity contribution is 0.937. The van der Waals surface area contributed by atoms with Gasteiger partial charge in [-0.2, -0.15) is 0 Å². The highest BCUT2D eigenvalue weighted by molar-refractivity contribution is 7.98. The summed E-state index contributed by atoms with van der Waals surface area (Å²) in [7, 11) is 0. The SMILES string of the molecule is Cc1cc(-c2ccccc2)nc(SCc2cccc(Cl)c2)n1. The monoisotopic (exact) mass is 326 g/mol. The lowest BCUT2D eigenvalue weighted by Gasteiger charge is -2.06. The molecule has 110 valence electrons. The molecule has 1 aromatic heterocycles. The Kier molecular flexibility index (Phi) is 4.76. The van der Waals surface area contributed by atoms with E-state index in [0.29, 0.717) is 0 Å². The van der Waals surface area contributed by atoms with Gasteiger partial charge >= 0.3 is 0 Å². The van der Waals surface area contributed by atoms with Crippen molar-refractivity contribution in [3.63, 3.8) is 0 Å². The van der Waals surface area contributed by atoms with Gasteiger partial charge in [-0.05, 0) is 30.7 Å². The quantitative estimate of drug-likeness (QED) is 0.474. The Morgan fingerprint density at radius 2 is 1.77 bits per heavy atom. The number of thioether (sulfide) groups is 1. The molecule has 22 heavy (non-hydrogen) atoms. The maximum Gasteiger partial charge on any atom is 0.188 e. The predicted molar refractivity (Wildman–Crippen MR) is 93.2 cm³/mol. The van der Waals surface area contributed by atoms with Crippen LogP contribution < -0.4 is 0 Å². The fraction of sp³-hybridized carbons (Fsp3) is 0.111. The molecule has 1 heterocycles. The van der Waals surface area contributed by atoms with Gasteiger partial charge in [-0.3, -0.25) is 0 Å². The Morgan fingerprint density at radius 1 is 0.955 bits per heavy atom. The molecule has 0 fully saturated rings. The number of benzene rings is 2. The summed E-state index contributed by atoms with van der Waals surface area (Å²) in [6.45, 7) is 2.00. The van der Waals surface area contributed by atoms with Crippen molar-refractivity contribution in [3.8, 4) is 11.3 Å². The van der Waals surface area contributed by atoms with Gasteiger partial charge < -0.3 is 0 Å². The molecule has 0 aliphatic rings. The van der Waals surface area contributed by atoms with Crippen molar-refractivity contribution in [1.82, 2.24) is 9.97 Å². The number of halogens is 1. The minimum absolute atomic E-state index is 0.758. The molecule has 0 radical (unpaired) electrons. The van der Waals surface area contributed by atoms with Gasteiger partial charge in [0, 0.05) is 22.0 Å². The molecule has 3 aromatic rings. The Labute approximate surface area is 139 Å². The zero-order chi connectivity index (χ0) is 15.4. The summed E-state index contributed by atoms with van der Waals surface area (Å²) >= 11 is 7.64. The first-order valence-electron chi connectivity index (χ1n) is 6.99. The van der Waals surface area contributed by atoms with Gasteiger partial charge in [0.25, 0.3) is 0 Å². The van der Waals surface area contributed by atoms with Gasteiger partial charge in [-0.25, -0.2) is 9.97 Å². The molecule has 0 saturated carbocycles. The van der Waals surface area contributed by atoms with Crippen molar-refractivity contribution in [2.75, 3.05) is 0 Å². The smallest absolute Gasteiger partial charge is 0.188 e. The number of aromatic nitrogens is 2. The molecule has 4 heteroatoms. The topological polar surface area (TPSA) is 25.8 Å². The summed E-state index contributed by atoms with van der Waals surface area (Å²) in [4.78, 5) is 9.18. The van der Waals surface area contributed by atoms with Crippen molar-refractivity contribution in [2.24, 2.45) is 0 Å². The lowest BCUT2D eigenvalue weighted by atomic mass is 10.1. The highest BCUT2D eigenvalue weighted by Crippen LogP contribution is 2.24. The predicted octanol–water partition coefficient (Wildman–Crippen LogP) is 5.40. The van der Waals surface area contributed by atoms with E-state index in [0.717, 1.165) is 32.9 Å². The first kappa shape index (κ1) is 15.1.